The molecule has 2 rings (SSSR count). The second-order valence-electron chi connectivity index (χ2n) is 3.04. The van der Waals surface area contributed by atoms with Gasteiger partial charge in [0.15, 0.2) is 0 Å². The number of halogens is 2. The van der Waals surface area contributed by atoms with Crippen molar-refractivity contribution in [2.45, 2.75) is 6.54 Å². The van der Waals surface area contributed by atoms with Gasteiger partial charge in [0.25, 0.3) is 0 Å². The molecule has 0 radical (unpaired) electrons. The van der Waals surface area contributed by atoms with Gasteiger partial charge in [0.2, 0.25) is 0 Å². The maximum Gasteiger partial charge on any atom is 0.141 e. The van der Waals surface area contributed by atoms with Crippen LogP contribution in [-0.4, -0.2) is 9.78 Å². The van der Waals surface area contributed by atoms with E-state index >= 15 is 0 Å². The van der Waals surface area contributed by atoms with Gasteiger partial charge in [0.05, 0.1) is 16.4 Å². The van der Waals surface area contributed by atoms with Gasteiger partial charge >= 0.3 is 0 Å². The summed E-state index contributed by atoms with van der Waals surface area (Å²) in [5.41, 5.74) is 7.08. The number of nitrogens with zero attached hydrogens (tertiary/aromatic N) is 2. The molecule has 0 unspecified atom stereocenters. The Morgan fingerprint density at radius 2 is 2.20 bits per heavy atom. The van der Waals surface area contributed by atoms with E-state index in [1.54, 1.807) is 23.0 Å². The fourth-order valence-electron chi connectivity index (χ4n) is 1.33. The Morgan fingerprint density at radius 1 is 1.40 bits per heavy atom. The van der Waals surface area contributed by atoms with Crippen LogP contribution in [-0.2, 0) is 6.54 Å². The van der Waals surface area contributed by atoms with Crippen LogP contribution in [0.3, 0.4) is 0 Å². The van der Waals surface area contributed by atoms with Gasteiger partial charge in [-0.25, -0.2) is 9.07 Å². The number of nitrogens with two attached hydrogens (primary N) is 1. The molecule has 0 atom stereocenters. The smallest absolute Gasteiger partial charge is 0.141 e. The largest absolute Gasteiger partial charge is 0.325 e. The first kappa shape index (κ1) is 10.1. The summed E-state index contributed by atoms with van der Waals surface area (Å²) in [7, 11) is 0. The average Bonchev–Trinajstić information content (AvgIpc) is 2.70. The van der Waals surface area contributed by atoms with Crippen LogP contribution in [0.5, 0.6) is 0 Å². The van der Waals surface area contributed by atoms with Crippen molar-refractivity contribution in [2.24, 2.45) is 5.73 Å². The third-order valence-electron chi connectivity index (χ3n) is 2.08. The maximum absolute atomic E-state index is 12.9. The third kappa shape index (κ3) is 1.86. The molecule has 0 aliphatic rings. The van der Waals surface area contributed by atoms with Crippen molar-refractivity contribution >= 4 is 11.6 Å². The monoisotopic (exact) mass is 225 g/mol. The third-order valence-corrected chi connectivity index (χ3v) is 2.37. The van der Waals surface area contributed by atoms with Gasteiger partial charge in [0, 0.05) is 12.7 Å². The van der Waals surface area contributed by atoms with Crippen molar-refractivity contribution in [3.8, 4) is 5.69 Å². The summed E-state index contributed by atoms with van der Waals surface area (Å²) < 4.78 is 14.6. The Bertz CT molecular complexity index is 481. The zero-order valence-electron chi connectivity index (χ0n) is 7.82. The Hall–Kier alpha value is -1.39. The van der Waals surface area contributed by atoms with Crippen LogP contribution in [0.2, 0.25) is 5.02 Å². The van der Waals surface area contributed by atoms with Crippen LogP contribution in [0, 0.1) is 5.82 Å². The van der Waals surface area contributed by atoms with Gasteiger partial charge in [-0.3, -0.25) is 0 Å². The van der Waals surface area contributed by atoms with E-state index in [2.05, 4.69) is 5.10 Å². The summed E-state index contributed by atoms with van der Waals surface area (Å²) in [5, 5.41) is 4.16. The molecule has 0 bridgehead atoms. The molecule has 2 N–H and O–H groups in total. The maximum atomic E-state index is 12.9. The second-order valence-corrected chi connectivity index (χ2v) is 3.44. The van der Waals surface area contributed by atoms with Crippen molar-refractivity contribution in [1.82, 2.24) is 9.78 Å². The van der Waals surface area contributed by atoms with E-state index in [0.29, 0.717) is 12.2 Å². The molecule has 0 saturated carbocycles. The highest BCUT2D eigenvalue weighted by atomic mass is 35.5. The van der Waals surface area contributed by atoms with Crippen LogP contribution < -0.4 is 5.73 Å². The van der Waals surface area contributed by atoms with E-state index in [1.807, 2.05) is 0 Å². The summed E-state index contributed by atoms with van der Waals surface area (Å²) in [4.78, 5) is 0. The zero-order valence-corrected chi connectivity index (χ0v) is 8.58. The lowest BCUT2D eigenvalue weighted by molar-refractivity contribution is 0.627. The average molecular weight is 226 g/mol. The molecule has 0 spiro atoms. The molecular weight excluding hydrogens is 217 g/mol. The lowest BCUT2D eigenvalue weighted by Crippen LogP contribution is -2.06. The number of hydrogen-bond acceptors (Lipinski definition) is 2. The van der Waals surface area contributed by atoms with Crippen molar-refractivity contribution < 1.29 is 4.39 Å². The highest BCUT2D eigenvalue weighted by Gasteiger charge is 2.06. The molecule has 0 fully saturated rings. The minimum atomic E-state index is -0.443. The quantitative estimate of drug-likeness (QED) is 0.851. The topological polar surface area (TPSA) is 43.8 Å². The highest BCUT2D eigenvalue weighted by molar-refractivity contribution is 6.30. The molecule has 0 amide bonds. The van der Waals surface area contributed by atoms with Gasteiger partial charge in [-0.1, -0.05) is 11.6 Å². The van der Waals surface area contributed by atoms with E-state index in [-0.39, 0.29) is 5.02 Å². The van der Waals surface area contributed by atoms with Gasteiger partial charge in [0.1, 0.15) is 5.82 Å². The van der Waals surface area contributed by atoms with Gasteiger partial charge in [-0.05, 0) is 24.3 Å². The molecule has 0 aliphatic heterocycles. The van der Waals surface area contributed by atoms with E-state index < -0.39 is 5.82 Å². The Morgan fingerprint density at radius 3 is 2.87 bits per heavy atom. The minimum absolute atomic E-state index is 0.0750. The van der Waals surface area contributed by atoms with E-state index in [4.69, 9.17) is 17.3 Å². The van der Waals surface area contributed by atoms with Crippen LogP contribution in [0.1, 0.15) is 5.69 Å². The Kier molecular flexibility index (Phi) is 2.70. The van der Waals surface area contributed by atoms with Crippen LogP contribution in [0.25, 0.3) is 5.69 Å². The first-order chi connectivity index (χ1) is 7.22. The molecule has 78 valence electrons. The lowest BCUT2D eigenvalue weighted by Gasteiger charge is -2.06. The summed E-state index contributed by atoms with van der Waals surface area (Å²) >= 11 is 5.68. The standard InChI is InChI=1S/C10H9ClFN3/c11-9-5-7(1-2-10(9)12)15-8(6-13)3-4-14-15/h1-5H,6,13H2. The molecule has 15 heavy (non-hydrogen) atoms. The molecule has 3 nitrogen and oxygen atoms in total. The number of rotatable bonds is 2. The Labute approximate surface area is 91.3 Å². The van der Waals surface area contributed by atoms with E-state index in [1.165, 1.54) is 12.1 Å². The zero-order chi connectivity index (χ0) is 10.8. The number of hydrogen-bond donors (Lipinski definition) is 1. The molecule has 2 aromatic rings. The normalized spacial score (nSPS) is 10.6. The predicted molar refractivity (Wildman–Crippen MR) is 56.4 cm³/mol. The summed E-state index contributed by atoms with van der Waals surface area (Å²) in [6.07, 6.45) is 1.64. The highest BCUT2D eigenvalue weighted by Crippen LogP contribution is 2.19. The molecule has 1 aromatic carbocycles. The fourth-order valence-corrected chi connectivity index (χ4v) is 1.51. The lowest BCUT2D eigenvalue weighted by atomic mass is 10.3. The number of benzene rings is 1. The van der Waals surface area contributed by atoms with E-state index in [9.17, 15) is 4.39 Å². The molecule has 1 aromatic heterocycles. The first-order valence-electron chi connectivity index (χ1n) is 4.41. The SMILES string of the molecule is NCc1ccnn1-c1ccc(F)c(Cl)c1. The second kappa shape index (κ2) is 4.00. The van der Waals surface area contributed by atoms with Crippen LogP contribution in [0.15, 0.2) is 30.5 Å². The van der Waals surface area contributed by atoms with Gasteiger partial charge in [-0.15, -0.1) is 0 Å². The van der Waals surface area contributed by atoms with Gasteiger partial charge < -0.3 is 5.73 Å². The first-order valence-corrected chi connectivity index (χ1v) is 4.78. The summed E-state index contributed by atoms with van der Waals surface area (Å²) in [6, 6.07) is 6.23. The van der Waals surface area contributed by atoms with Gasteiger partial charge in [-0.2, -0.15) is 5.10 Å². The van der Waals surface area contributed by atoms with Crippen molar-refractivity contribution in [3.05, 3.63) is 47.0 Å². The molecule has 0 aliphatic carbocycles. The number of aromatic nitrogens is 2. The van der Waals surface area contributed by atoms with Crippen molar-refractivity contribution in [3.63, 3.8) is 0 Å². The van der Waals surface area contributed by atoms with Crippen molar-refractivity contribution in [1.29, 1.82) is 0 Å². The Balaban J connectivity index is 2.50. The molecular formula is C10H9ClFN3. The predicted octanol–water partition coefficient (Wildman–Crippen LogP) is 2.12. The van der Waals surface area contributed by atoms with Crippen LogP contribution in [0.4, 0.5) is 4.39 Å². The summed E-state index contributed by atoms with van der Waals surface area (Å²) in [5.74, 6) is -0.443. The molecule has 0 saturated heterocycles. The fraction of sp³-hybridized carbons (Fsp3) is 0.100. The minimum Gasteiger partial charge on any atom is -0.325 e. The molecule has 5 heteroatoms. The molecule has 1 heterocycles. The van der Waals surface area contributed by atoms with Crippen LogP contribution >= 0.6 is 11.6 Å². The van der Waals surface area contributed by atoms with Crippen molar-refractivity contribution in [2.75, 3.05) is 0 Å². The summed E-state index contributed by atoms with van der Waals surface area (Å²) in [6.45, 7) is 0.370. The van der Waals surface area contributed by atoms with E-state index in [0.717, 1.165) is 5.69 Å².